The molecule has 1 aromatic rings. The Labute approximate surface area is 136 Å². The Morgan fingerprint density at radius 2 is 1.82 bits per heavy atom. The van der Waals surface area contributed by atoms with Crippen molar-refractivity contribution in [2.45, 2.75) is 44.7 Å². The van der Waals surface area contributed by atoms with Crippen molar-refractivity contribution < 1.29 is 14.3 Å². The van der Waals surface area contributed by atoms with E-state index in [0.29, 0.717) is 23.1 Å². The first-order valence-corrected chi connectivity index (χ1v) is 7.96. The lowest BCUT2D eigenvalue weighted by Crippen LogP contribution is -2.42. The Bertz CT molecular complexity index is 516. The number of rotatable bonds is 5. The second-order valence-electron chi connectivity index (χ2n) is 5.46. The van der Waals surface area contributed by atoms with Crippen molar-refractivity contribution in [2.24, 2.45) is 0 Å². The van der Waals surface area contributed by atoms with E-state index in [1.165, 1.54) is 19.3 Å². The Kier molecular flexibility index (Phi) is 6.19. The van der Waals surface area contributed by atoms with Gasteiger partial charge in [-0.2, -0.15) is 0 Å². The van der Waals surface area contributed by atoms with Crippen molar-refractivity contribution in [1.29, 1.82) is 0 Å². The number of carbonyl (C=O) groups is 1. The standard InChI is InChI=1S/C16H23ClN2O3/c1-21-14-8-11(13(17)9-15(14)22-2)10-18-16(20)19-12-6-4-3-5-7-12/h8-9,12H,3-7,10H2,1-2H3,(H2,18,19,20). The van der Waals surface area contributed by atoms with Crippen LogP contribution in [0.25, 0.3) is 0 Å². The van der Waals surface area contributed by atoms with E-state index in [4.69, 9.17) is 21.1 Å². The molecule has 0 unspecified atom stereocenters. The normalized spacial score (nSPS) is 15.2. The van der Waals surface area contributed by atoms with Crippen molar-refractivity contribution in [1.82, 2.24) is 10.6 Å². The molecule has 1 fully saturated rings. The highest BCUT2D eigenvalue weighted by Crippen LogP contribution is 2.32. The van der Waals surface area contributed by atoms with Crippen molar-refractivity contribution in [2.75, 3.05) is 14.2 Å². The lowest BCUT2D eigenvalue weighted by atomic mass is 9.96. The van der Waals surface area contributed by atoms with E-state index in [9.17, 15) is 4.79 Å². The van der Waals surface area contributed by atoms with Gasteiger partial charge in [-0.3, -0.25) is 0 Å². The molecule has 22 heavy (non-hydrogen) atoms. The number of nitrogens with one attached hydrogen (secondary N) is 2. The van der Waals surface area contributed by atoms with Crippen LogP contribution in [-0.2, 0) is 6.54 Å². The highest BCUT2D eigenvalue weighted by Gasteiger charge is 2.16. The highest BCUT2D eigenvalue weighted by atomic mass is 35.5. The molecule has 0 aliphatic heterocycles. The van der Waals surface area contributed by atoms with E-state index < -0.39 is 0 Å². The fraction of sp³-hybridized carbons (Fsp3) is 0.562. The zero-order valence-electron chi connectivity index (χ0n) is 13.1. The van der Waals surface area contributed by atoms with Gasteiger partial charge in [-0.25, -0.2) is 4.79 Å². The number of benzene rings is 1. The average molecular weight is 327 g/mol. The smallest absolute Gasteiger partial charge is 0.315 e. The lowest BCUT2D eigenvalue weighted by Gasteiger charge is -2.23. The molecule has 2 rings (SSSR count). The third kappa shape index (κ3) is 4.44. The van der Waals surface area contributed by atoms with Gasteiger partial charge >= 0.3 is 6.03 Å². The second kappa shape index (κ2) is 8.13. The summed E-state index contributed by atoms with van der Waals surface area (Å²) in [4.78, 5) is 12.0. The molecular weight excluding hydrogens is 304 g/mol. The summed E-state index contributed by atoms with van der Waals surface area (Å²) in [5.74, 6) is 1.17. The maximum Gasteiger partial charge on any atom is 0.315 e. The van der Waals surface area contributed by atoms with Gasteiger partial charge in [-0.05, 0) is 24.5 Å². The van der Waals surface area contributed by atoms with Gasteiger partial charge in [0.05, 0.1) is 14.2 Å². The highest BCUT2D eigenvalue weighted by molar-refractivity contribution is 6.31. The van der Waals surface area contributed by atoms with Crippen LogP contribution in [-0.4, -0.2) is 26.3 Å². The molecule has 5 nitrogen and oxygen atoms in total. The van der Waals surface area contributed by atoms with Crippen LogP contribution in [0.5, 0.6) is 11.5 Å². The average Bonchev–Trinajstić information content (AvgIpc) is 2.54. The van der Waals surface area contributed by atoms with Crippen molar-refractivity contribution in [3.05, 3.63) is 22.7 Å². The predicted octanol–water partition coefficient (Wildman–Crippen LogP) is 3.49. The third-order valence-corrected chi connectivity index (χ3v) is 4.28. The van der Waals surface area contributed by atoms with Gasteiger partial charge in [0.15, 0.2) is 11.5 Å². The van der Waals surface area contributed by atoms with Gasteiger partial charge in [-0.15, -0.1) is 0 Å². The molecule has 0 bridgehead atoms. The van der Waals surface area contributed by atoms with Crippen LogP contribution in [0.15, 0.2) is 12.1 Å². The number of carbonyl (C=O) groups excluding carboxylic acids is 1. The molecular formula is C16H23ClN2O3. The van der Waals surface area contributed by atoms with Crippen LogP contribution in [0.3, 0.4) is 0 Å². The minimum atomic E-state index is -0.155. The van der Waals surface area contributed by atoms with Crippen LogP contribution in [0.1, 0.15) is 37.7 Å². The van der Waals surface area contributed by atoms with E-state index in [-0.39, 0.29) is 12.1 Å². The minimum absolute atomic E-state index is 0.155. The number of urea groups is 1. The molecule has 0 spiro atoms. The van der Waals surface area contributed by atoms with Crippen LogP contribution in [0.4, 0.5) is 4.79 Å². The first-order valence-electron chi connectivity index (χ1n) is 7.58. The third-order valence-electron chi connectivity index (χ3n) is 3.93. The van der Waals surface area contributed by atoms with Gasteiger partial charge in [0.2, 0.25) is 0 Å². The molecule has 122 valence electrons. The fourth-order valence-electron chi connectivity index (χ4n) is 2.69. The SMILES string of the molecule is COc1cc(Cl)c(CNC(=O)NC2CCCCC2)cc1OC. The molecule has 2 amide bonds. The number of amides is 2. The summed E-state index contributed by atoms with van der Waals surface area (Å²) in [6.45, 7) is 0.345. The quantitative estimate of drug-likeness (QED) is 0.870. The van der Waals surface area contributed by atoms with Crippen molar-refractivity contribution >= 4 is 17.6 Å². The minimum Gasteiger partial charge on any atom is -0.493 e. The summed E-state index contributed by atoms with van der Waals surface area (Å²) in [6.07, 6.45) is 5.76. The monoisotopic (exact) mass is 326 g/mol. The number of ether oxygens (including phenoxy) is 2. The summed E-state index contributed by atoms with van der Waals surface area (Å²) < 4.78 is 10.4. The molecule has 1 aliphatic carbocycles. The van der Waals surface area contributed by atoms with Gasteiger partial charge < -0.3 is 20.1 Å². The topological polar surface area (TPSA) is 59.6 Å². The molecule has 0 radical (unpaired) electrons. The van der Waals surface area contributed by atoms with E-state index in [0.717, 1.165) is 18.4 Å². The van der Waals surface area contributed by atoms with Crippen LogP contribution < -0.4 is 20.1 Å². The summed E-state index contributed by atoms with van der Waals surface area (Å²) in [6, 6.07) is 3.60. The van der Waals surface area contributed by atoms with E-state index in [2.05, 4.69) is 10.6 Å². The largest absolute Gasteiger partial charge is 0.493 e. The van der Waals surface area contributed by atoms with Crippen LogP contribution >= 0.6 is 11.6 Å². The van der Waals surface area contributed by atoms with Crippen LogP contribution in [0, 0.1) is 0 Å². The zero-order chi connectivity index (χ0) is 15.9. The molecule has 2 N–H and O–H groups in total. The molecule has 0 aromatic heterocycles. The molecule has 0 atom stereocenters. The Hall–Kier alpha value is -1.62. The Morgan fingerprint density at radius 1 is 1.18 bits per heavy atom. The van der Waals surface area contributed by atoms with E-state index >= 15 is 0 Å². The number of halogens is 1. The molecule has 0 heterocycles. The number of methoxy groups -OCH3 is 2. The summed E-state index contributed by atoms with van der Waals surface area (Å²) in [5.41, 5.74) is 0.790. The molecule has 1 aliphatic rings. The first kappa shape index (κ1) is 16.7. The molecule has 6 heteroatoms. The van der Waals surface area contributed by atoms with E-state index in [1.807, 2.05) is 0 Å². The number of hydrogen-bond acceptors (Lipinski definition) is 3. The lowest BCUT2D eigenvalue weighted by molar-refractivity contribution is 0.232. The van der Waals surface area contributed by atoms with Gasteiger partial charge in [-0.1, -0.05) is 30.9 Å². The summed E-state index contributed by atoms with van der Waals surface area (Å²) >= 11 is 6.21. The van der Waals surface area contributed by atoms with Crippen molar-refractivity contribution in [3.63, 3.8) is 0 Å². The second-order valence-corrected chi connectivity index (χ2v) is 5.87. The van der Waals surface area contributed by atoms with E-state index in [1.54, 1.807) is 26.4 Å². The zero-order valence-corrected chi connectivity index (χ0v) is 13.8. The molecule has 0 saturated heterocycles. The Morgan fingerprint density at radius 3 is 2.45 bits per heavy atom. The van der Waals surface area contributed by atoms with Gasteiger partial charge in [0.1, 0.15) is 0 Å². The van der Waals surface area contributed by atoms with Crippen molar-refractivity contribution in [3.8, 4) is 11.5 Å². The molecule has 1 saturated carbocycles. The maximum atomic E-state index is 12.0. The summed E-state index contributed by atoms with van der Waals surface area (Å²) in [7, 11) is 3.13. The maximum absolute atomic E-state index is 12.0. The summed E-state index contributed by atoms with van der Waals surface area (Å²) in [5, 5.41) is 6.39. The number of hydrogen-bond donors (Lipinski definition) is 2. The van der Waals surface area contributed by atoms with Crippen LogP contribution in [0.2, 0.25) is 5.02 Å². The van der Waals surface area contributed by atoms with Gasteiger partial charge in [0, 0.05) is 23.7 Å². The fourth-order valence-corrected chi connectivity index (χ4v) is 2.91. The predicted molar refractivity (Wildman–Crippen MR) is 86.8 cm³/mol. The Balaban J connectivity index is 1.91. The van der Waals surface area contributed by atoms with Gasteiger partial charge in [0.25, 0.3) is 0 Å². The first-order chi connectivity index (χ1) is 10.6. The molecule has 1 aromatic carbocycles.